The van der Waals surface area contributed by atoms with E-state index in [1.807, 2.05) is 0 Å². The van der Waals surface area contributed by atoms with Crippen LogP contribution >= 0.6 is 0 Å². The van der Waals surface area contributed by atoms with Crippen LogP contribution in [-0.2, 0) is 9.59 Å². The summed E-state index contributed by atoms with van der Waals surface area (Å²) in [6.45, 7) is 3.01. The van der Waals surface area contributed by atoms with Gasteiger partial charge in [0.1, 0.15) is 0 Å². The molecule has 0 saturated carbocycles. The number of piperidine rings is 1. The third kappa shape index (κ3) is 2.86. The van der Waals surface area contributed by atoms with E-state index in [9.17, 15) is 14.4 Å². The summed E-state index contributed by atoms with van der Waals surface area (Å²) in [7, 11) is 0. The predicted molar refractivity (Wildman–Crippen MR) is 71.0 cm³/mol. The summed E-state index contributed by atoms with van der Waals surface area (Å²) in [6, 6.07) is -0.364. The number of likely N-dealkylation sites (tertiary alicyclic amines) is 1. The molecule has 3 unspecified atom stereocenters. The normalized spacial score (nSPS) is 26.6. The molecule has 2 fully saturated rings. The number of urea groups is 1. The monoisotopic (exact) mass is 283 g/mol. The molecule has 2 heterocycles. The molecule has 7 heteroatoms. The number of nitrogens with one attached hydrogen (secondary N) is 2. The molecule has 0 spiro atoms. The van der Waals surface area contributed by atoms with Gasteiger partial charge in [0.25, 0.3) is 0 Å². The topological polar surface area (TPSA) is 98.7 Å². The first-order chi connectivity index (χ1) is 9.54. The molecule has 0 aromatic carbocycles. The Bertz CT molecular complexity index is 412. The minimum atomic E-state index is -0.901. The minimum absolute atomic E-state index is 0.0180. The first-order valence-corrected chi connectivity index (χ1v) is 7.09. The molecular formula is C13H21N3O4. The van der Waals surface area contributed by atoms with E-state index in [1.165, 1.54) is 0 Å². The maximum Gasteiger partial charge on any atom is 0.317 e. The van der Waals surface area contributed by atoms with Crippen LogP contribution in [0.3, 0.4) is 0 Å². The van der Waals surface area contributed by atoms with Crippen molar-refractivity contribution in [3.8, 4) is 0 Å². The Kier molecular flexibility index (Phi) is 4.46. The van der Waals surface area contributed by atoms with E-state index in [-0.39, 0.29) is 30.4 Å². The number of carboxylic acids is 1. The fourth-order valence-electron chi connectivity index (χ4n) is 2.92. The maximum absolute atomic E-state index is 12.2. The van der Waals surface area contributed by atoms with Crippen molar-refractivity contribution in [3.05, 3.63) is 0 Å². The first-order valence-electron chi connectivity index (χ1n) is 7.09. The molecule has 3 atom stereocenters. The van der Waals surface area contributed by atoms with Gasteiger partial charge in [0, 0.05) is 19.6 Å². The fraction of sp³-hybridized carbons (Fsp3) is 0.769. The molecule has 2 saturated heterocycles. The minimum Gasteiger partial charge on any atom is -0.481 e. The third-order valence-electron chi connectivity index (χ3n) is 4.20. The van der Waals surface area contributed by atoms with E-state index in [1.54, 1.807) is 11.8 Å². The Morgan fingerprint density at radius 2 is 2.30 bits per heavy atom. The average Bonchev–Trinajstić information content (AvgIpc) is 2.80. The van der Waals surface area contributed by atoms with Crippen LogP contribution in [0.5, 0.6) is 0 Å². The zero-order valence-corrected chi connectivity index (χ0v) is 11.6. The molecule has 3 N–H and O–H groups in total. The molecule has 20 heavy (non-hydrogen) atoms. The van der Waals surface area contributed by atoms with Gasteiger partial charge in [-0.3, -0.25) is 9.59 Å². The van der Waals surface area contributed by atoms with Crippen molar-refractivity contribution in [3.63, 3.8) is 0 Å². The largest absolute Gasteiger partial charge is 0.481 e. The van der Waals surface area contributed by atoms with E-state index < -0.39 is 11.9 Å². The van der Waals surface area contributed by atoms with Gasteiger partial charge in [0.2, 0.25) is 5.91 Å². The van der Waals surface area contributed by atoms with Gasteiger partial charge in [-0.2, -0.15) is 0 Å². The molecule has 3 amide bonds. The van der Waals surface area contributed by atoms with Gasteiger partial charge < -0.3 is 20.6 Å². The second kappa shape index (κ2) is 6.11. The van der Waals surface area contributed by atoms with Crippen molar-refractivity contribution < 1.29 is 19.5 Å². The summed E-state index contributed by atoms with van der Waals surface area (Å²) in [4.78, 5) is 36.4. The van der Waals surface area contributed by atoms with Gasteiger partial charge in [0.05, 0.1) is 17.9 Å². The molecule has 0 bridgehead atoms. The van der Waals surface area contributed by atoms with Gasteiger partial charge in [-0.05, 0) is 19.3 Å². The van der Waals surface area contributed by atoms with Gasteiger partial charge in [-0.1, -0.05) is 6.92 Å². The molecule has 7 nitrogen and oxygen atoms in total. The van der Waals surface area contributed by atoms with Crippen LogP contribution in [-0.4, -0.2) is 53.6 Å². The number of amides is 3. The summed E-state index contributed by atoms with van der Waals surface area (Å²) in [5.41, 5.74) is 0. The van der Waals surface area contributed by atoms with Crippen molar-refractivity contribution in [2.45, 2.75) is 32.2 Å². The van der Waals surface area contributed by atoms with Crippen LogP contribution in [0, 0.1) is 11.8 Å². The second-order valence-corrected chi connectivity index (χ2v) is 5.38. The van der Waals surface area contributed by atoms with Crippen molar-refractivity contribution >= 4 is 17.9 Å². The lowest BCUT2D eigenvalue weighted by Gasteiger charge is -2.36. The maximum atomic E-state index is 12.2. The smallest absolute Gasteiger partial charge is 0.317 e. The summed E-state index contributed by atoms with van der Waals surface area (Å²) in [6.07, 6.45) is 2.09. The number of hydrogen-bond acceptors (Lipinski definition) is 3. The number of hydrogen-bond donors (Lipinski definition) is 3. The highest BCUT2D eigenvalue weighted by atomic mass is 16.4. The number of carboxylic acid groups (broad SMARTS) is 1. The Morgan fingerprint density at radius 3 is 2.95 bits per heavy atom. The lowest BCUT2D eigenvalue weighted by molar-refractivity contribution is -0.141. The molecule has 2 rings (SSSR count). The van der Waals surface area contributed by atoms with Crippen LogP contribution in [0.15, 0.2) is 0 Å². The summed E-state index contributed by atoms with van der Waals surface area (Å²) >= 11 is 0. The summed E-state index contributed by atoms with van der Waals surface area (Å²) in [5, 5.41) is 14.4. The average molecular weight is 283 g/mol. The Morgan fingerprint density at radius 1 is 1.55 bits per heavy atom. The number of carbonyl (C=O) groups is 3. The third-order valence-corrected chi connectivity index (χ3v) is 4.20. The van der Waals surface area contributed by atoms with Gasteiger partial charge >= 0.3 is 12.0 Å². The number of nitrogens with zero attached hydrogens (tertiary/aromatic N) is 1. The van der Waals surface area contributed by atoms with E-state index in [4.69, 9.17) is 5.11 Å². The van der Waals surface area contributed by atoms with Crippen LogP contribution in [0.25, 0.3) is 0 Å². The van der Waals surface area contributed by atoms with Crippen LogP contribution in [0.4, 0.5) is 4.79 Å². The van der Waals surface area contributed by atoms with Gasteiger partial charge in [-0.15, -0.1) is 0 Å². The second-order valence-electron chi connectivity index (χ2n) is 5.38. The highest BCUT2D eigenvalue weighted by Crippen LogP contribution is 2.27. The lowest BCUT2D eigenvalue weighted by atomic mass is 9.92. The predicted octanol–water partition coefficient (Wildman–Crippen LogP) is 0.0172. The van der Waals surface area contributed by atoms with Crippen molar-refractivity contribution in [2.24, 2.45) is 11.8 Å². The van der Waals surface area contributed by atoms with Gasteiger partial charge in [0.15, 0.2) is 0 Å². The van der Waals surface area contributed by atoms with E-state index in [0.29, 0.717) is 19.5 Å². The van der Waals surface area contributed by atoms with Crippen molar-refractivity contribution in [2.75, 3.05) is 19.6 Å². The van der Waals surface area contributed by atoms with Gasteiger partial charge in [-0.25, -0.2) is 4.79 Å². The SMILES string of the molecule is CCC(CNC(=O)N1CCCC2C(=O)NCC21)C(=O)O. The zero-order valence-electron chi connectivity index (χ0n) is 11.6. The van der Waals surface area contributed by atoms with E-state index in [0.717, 1.165) is 12.8 Å². The first kappa shape index (κ1) is 14.6. The molecule has 112 valence electrons. The van der Waals surface area contributed by atoms with Crippen LogP contribution in [0.2, 0.25) is 0 Å². The molecule has 2 aliphatic rings. The highest BCUT2D eigenvalue weighted by Gasteiger charge is 2.42. The highest BCUT2D eigenvalue weighted by molar-refractivity contribution is 5.84. The number of aliphatic carboxylic acids is 1. The molecule has 0 radical (unpaired) electrons. The molecule has 0 aromatic rings. The number of carbonyl (C=O) groups excluding carboxylic acids is 2. The Hall–Kier alpha value is -1.79. The Labute approximate surface area is 117 Å². The fourth-order valence-corrected chi connectivity index (χ4v) is 2.92. The number of fused-ring (bicyclic) bond motifs is 1. The molecule has 0 aromatic heterocycles. The molecular weight excluding hydrogens is 262 g/mol. The Balaban J connectivity index is 1.92. The summed E-state index contributed by atoms with van der Waals surface area (Å²) < 4.78 is 0. The number of rotatable bonds is 4. The molecule has 0 aliphatic carbocycles. The zero-order chi connectivity index (χ0) is 14.7. The lowest BCUT2D eigenvalue weighted by Crippen LogP contribution is -2.53. The molecule has 2 aliphatic heterocycles. The quantitative estimate of drug-likeness (QED) is 0.677. The van der Waals surface area contributed by atoms with Crippen molar-refractivity contribution in [1.82, 2.24) is 15.5 Å². The van der Waals surface area contributed by atoms with E-state index in [2.05, 4.69) is 10.6 Å². The van der Waals surface area contributed by atoms with Crippen LogP contribution in [0.1, 0.15) is 26.2 Å². The van der Waals surface area contributed by atoms with E-state index >= 15 is 0 Å². The summed E-state index contributed by atoms with van der Waals surface area (Å²) in [5.74, 6) is -1.56. The van der Waals surface area contributed by atoms with Crippen LogP contribution < -0.4 is 10.6 Å². The van der Waals surface area contributed by atoms with Crippen molar-refractivity contribution in [1.29, 1.82) is 0 Å². The standard InChI is InChI=1S/C13H21N3O4/c1-2-8(12(18)19)6-15-13(20)16-5-3-4-9-10(16)7-14-11(9)17/h8-10H,2-7H2,1H3,(H,14,17)(H,15,20)(H,18,19).